The van der Waals surface area contributed by atoms with Gasteiger partial charge in [0.05, 0.1) is 12.8 Å². The molecule has 0 aliphatic heterocycles. The number of nitrogens with one attached hydrogen (secondary N) is 1. The fourth-order valence-electron chi connectivity index (χ4n) is 2.05. The van der Waals surface area contributed by atoms with E-state index in [1.54, 1.807) is 6.26 Å². The molecule has 2 rings (SSSR count). The molecule has 0 fully saturated rings. The zero-order valence-electron chi connectivity index (χ0n) is 12.5. The lowest BCUT2D eigenvalue weighted by Gasteiger charge is -2.10. The minimum absolute atomic E-state index is 0.546. The number of hydrogen-bond donors (Lipinski definition) is 1. The molecule has 3 nitrogen and oxygen atoms in total. The molecule has 0 unspecified atom stereocenters. The van der Waals surface area contributed by atoms with Crippen molar-refractivity contribution in [2.75, 3.05) is 6.54 Å². The summed E-state index contributed by atoms with van der Waals surface area (Å²) in [4.78, 5) is 0. The first-order valence-corrected chi connectivity index (χ1v) is 7.16. The second-order valence-electron chi connectivity index (χ2n) is 5.10. The van der Waals surface area contributed by atoms with Crippen molar-refractivity contribution in [2.45, 2.75) is 40.3 Å². The van der Waals surface area contributed by atoms with Crippen molar-refractivity contribution in [1.29, 1.82) is 0 Å². The van der Waals surface area contributed by atoms with E-state index in [-0.39, 0.29) is 0 Å². The molecule has 0 bridgehead atoms. The SMILES string of the molecule is CCCNCc1occc1COc1cc(C)ccc1C. The predicted octanol–water partition coefficient (Wildman–Crippen LogP) is 3.98. The summed E-state index contributed by atoms with van der Waals surface area (Å²) in [7, 11) is 0. The summed E-state index contributed by atoms with van der Waals surface area (Å²) in [5, 5.41) is 3.35. The van der Waals surface area contributed by atoms with Crippen molar-refractivity contribution in [2.24, 2.45) is 0 Å². The fourth-order valence-corrected chi connectivity index (χ4v) is 2.05. The summed E-state index contributed by atoms with van der Waals surface area (Å²) in [5.74, 6) is 1.91. The molecule has 0 aliphatic rings. The zero-order chi connectivity index (χ0) is 14.4. The van der Waals surface area contributed by atoms with Crippen LogP contribution in [0.5, 0.6) is 5.75 Å². The van der Waals surface area contributed by atoms with Gasteiger partial charge in [-0.2, -0.15) is 0 Å². The van der Waals surface area contributed by atoms with Gasteiger partial charge in [0.15, 0.2) is 0 Å². The van der Waals surface area contributed by atoms with Gasteiger partial charge in [-0.1, -0.05) is 19.1 Å². The Morgan fingerprint density at radius 2 is 2.05 bits per heavy atom. The van der Waals surface area contributed by atoms with Crippen molar-refractivity contribution in [1.82, 2.24) is 5.32 Å². The Bertz CT molecular complexity index is 546. The van der Waals surface area contributed by atoms with Gasteiger partial charge < -0.3 is 14.5 Å². The van der Waals surface area contributed by atoms with Gasteiger partial charge in [0, 0.05) is 5.56 Å². The third-order valence-electron chi connectivity index (χ3n) is 3.28. The average Bonchev–Trinajstić information content (AvgIpc) is 2.88. The Hall–Kier alpha value is -1.74. The third kappa shape index (κ3) is 3.87. The van der Waals surface area contributed by atoms with E-state index in [1.807, 2.05) is 6.07 Å². The van der Waals surface area contributed by atoms with Crippen LogP contribution in [-0.2, 0) is 13.2 Å². The second-order valence-corrected chi connectivity index (χ2v) is 5.10. The standard InChI is InChI=1S/C17H23NO2/c1-4-8-18-11-17-15(7-9-19-17)12-20-16-10-13(2)5-6-14(16)3/h5-7,9-10,18H,4,8,11-12H2,1-3H3. The summed E-state index contributed by atoms with van der Waals surface area (Å²) in [6, 6.07) is 8.24. The van der Waals surface area contributed by atoms with Crippen LogP contribution in [0.2, 0.25) is 0 Å². The molecule has 1 N–H and O–H groups in total. The molecule has 0 atom stereocenters. The van der Waals surface area contributed by atoms with Crippen LogP contribution in [0.15, 0.2) is 34.9 Å². The van der Waals surface area contributed by atoms with Crippen LogP contribution >= 0.6 is 0 Å². The van der Waals surface area contributed by atoms with Gasteiger partial charge in [-0.05, 0) is 50.1 Å². The molecule has 2 aromatic rings. The molecule has 1 aromatic heterocycles. The molecule has 0 saturated heterocycles. The molecule has 0 amide bonds. The number of aryl methyl sites for hydroxylation is 2. The maximum Gasteiger partial charge on any atom is 0.124 e. The van der Waals surface area contributed by atoms with Gasteiger partial charge in [-0.25, -0.2) is 0 Å². The van der Waals surface area contributed by atoms with Gasteiger partial charge in [-0.3, -0.25) is 0 Å². The minimum Gasteiger partial charge on any atom is -0.488 e. The fraction of sp³-hybridized carbons (Fsp3) is 0.412. The van der Waals surface area contributed by atoms with Crippen molar-refractivity contribution < 1.29 is 9.15 Å². The van der Waals surface area contributed by atoms with Gasteiger partial charge in [-0.15, -0.1) is 0 Å². The van der Waals surface area contributed by atoms with Gasteiger partial charge in [0.2, 0.25) is 0 Å². The molecule has 0 radical (unpaired) electrons. The van der Waals surface area contributed by atoms with Crippen LogP contribution in [0.3, 0.4) is 0 Å². The van der Waals surface area contributed by atoms with Crippen LogP contribution in [0.25, 0.3) is 0 Å². The van der Waals surface area contributed by atoms with Crippen molar-refractivity contribution in [3.05, 3.63) is 53.0 Å². The van der Waals surface area contributed by atoms with Crippen LogP contribution in [0, 0.1) is 13.8 Å². The van der Waals surface area contributed by atoms with E-state index in [9.17, 15) is 0 Å². The molecule has 1 heterocycles. The molecule has 108 valence electrons. The summed E-state index contributed by atoms with van der Waals surface area (Å²) < 4.78 is 11.4. The lowest BCUT2D eigenvalue weighted by atomic mass is 10.1. The Morgan fingerprint density at radius 3 is 2.85 bits per heavy atom. The average molecular weight is 273 g/mol. The Balaban J connectivity index is 1.97. The van der Waals surface area contributed by atoms with Crippen LogP contribution in [0.4, 0.5) is 0 Å². The van der Waals surface area contributed by atoms with Crippen molar-refractivity contribution in [3.8, 4) is 5.75 Å². The van der Waals surface area contributed by atoms with Gasteiger partial charge >= 0.3 is 0 Å². The van der Waals surface area contributed by atoms with E-state index >= 15 is 0 Å². The number of furan rings is 1. The number of benzene rings is 1. The number of ether oxygens (including phenoxy) is 1. The molecular formula is C17H23NO2. The van der Waals surface area contributed by atoms with E-state index in [1.165, 1.54) is 5.56 Å². The van der Waals surface area contributed by atoms with Crippen LogP contribution in [-0.4, -0.2) is 6.54 Å². The summed E-state index contributed by atoms with van der Waals surface area (Å²) >= 11 is 0. The summed E-state index contributed by atoms with van der Waals surface area (Å²) in [6.07, 6.45) is 2.85. The van der Waals surface area contributed by atoms with E-state index in [4.69, 9.17) is 9.15 Å². The Kier molecular flexibility index (Phi) is 5.24. The quantitative estimate of drug-likeness (QED) is 0.775. The summed E-state index contributed by atoms with van der Waals surface area (Å²) in [6.45, 7) is 8.59. The molecule has 1 aromatic carbocycles. The smallest absolute Gasteiger partial charge is 0.124 e. The highest BCUT2D eigenvalue weighted by Crippen LogP contribution is 2.21. The molecule has 0 saturated carbocycles. The van der Waals surface area contributed by atoms with Gasteiger partial charge in [0.1, 0.15) is 18.1 Å². The largest absolute Gasteiger partial charge is 0.488 e. The monoisotopic (exact) mass is 273 g/mol. The molecule has 0 spiro atoms. The predicted molar refractivity (Wildman–Crippen MR) is 81.0 cm³/mol. The first-order valence-electron chi connectivity index (χ1n) is 7.16. The highest BCUT2D eigenvalue weighted by Gasteiger charge is 2.08. The highest BCUT2D eigenvalue weighted by atomic mass is 16.5. The maximum atomic E-state index is 5.92. The lowest BCUT2D eigenvalue weighted by Crippen LogP contribution is -2.14. The van der Waals surface area contributed by atoms with Crippen molar-refractivity contribution in [3.63, 3.8) is 0 Å². The topological polar surface area (TPSA) is 34.4 Å². The van der Waals surface area contributed by atoms with E-state index in [2.05, 4.69) is 44.3 Å². The third-order valence-corrected chi connectivity index (χ3v) is 3.28. The van der Waals surface area contributed by atoms with E-state index in [0.717, 1.165) is 42.1 Å². The Morgan fingerprint density at radius 1 is 1.20 bits per heavy atom. The second kappa shape index (κ2) is 7.15. The minimum atomic E-state index is 0.546. The van der Waals surface area contributed by atoms with Gasteiger partial charge in [0.25, 0.3) is 0 Å². The lowest BCUT2D eigenvalue weighted by molar-refractivity contribution is 0.299. The number of hydrogen-bond acceptors (Lipinski definition) is 3. The zero-order valence-corrected chi connectivity index (χ0v) is 12.5. The number of rotatable bonds is 7. The maximum absolute atomic E-state index is 5.92. The van der Waals surface area contributed by atoms with E-state index in [0.29, 0.717) is 6.61 Å². The molecule has 20 heavy (non-hydrogen) atoms. The first kappa shape index (κ1) is 14.7. The van der Waals surface area contributed by atoms with Crippen molar-refractivity contribution >= 4 is 0 Å². The Labute approximate surface area is 121 Å². The summed E-state index contributed by atoms with van der Waals surface area (Å²) in [5.41, 5.74) is 3.47. The molecule has 3 heteroatoms. The molecule has 0 aliphatic carbocycles. The van der Waals surface area contributed by atoms with Crippen LogP contribution < -0.4 is 10.1 Å². The van der Waals surface area contributed by atoms with E-state index < -0.39 is 0 Å². The first-order chi connectivity index (χ1) is 9.70. The highest BCUT2D eigenvalue weighted by molar-refractivity contribution is 5.36. The molecular weight excluding hydrogens is 250 g/mol. The normalized spacial score (nSPS) is 10.8. The van der Waals surface area contributed by atoms with Crippen LogP contribution in [0.1, 0.15) is 35.8 Å².